The summed E-state index contributed by atoms with van der Waals surface area (Å²) in [6.07, 6.45) is 0. The van der Waals surface area contributed by atoms with Gasteiger partial charge >= 0.3 is 11.9 Å². The van der Waals surface area contributed by atoms with E-state index >= 15 is 0 Å². The van der Waals surface area contributed by atoms with Crippen molar-refractivity contribution in [2.45, 2.75) is 13.5 Å². The first-order chi connectivity index (χ1) is 12.4. The maximum absolute atomic E-state index is 9.10. The number of ether oxygens (including phenoxy) is 2. The normalized spacial score (nSPS) is 9.62. The van der Waals surface area contributed by atoms with Crippen molar-refractivity contribution in [1.29, 1.82) is 0 Å². The molecule has 2 rings (SSSR count). The van der Waals surface area contributed by atoms with Gasteiger partial charge in [0.25, 0.3) is 0 Å². The summed E-state index contributed by atoms with van der Waals surface area (Å²) in [5.74, 6) is -2.07. The molecule has 0 aliphatic heterocycles. The first-order valence-electron chi connectivity index (χ1n) is 7.92. The van der Waals surface area contributed by atoms with Crippen LogP contribution in [0, 0.1) is 6.92 Å². The van der Waals surface area contributed by atoms with E-state index < -0.39 is 11.9 Å². The largest absolute Gasteiger partial charge is 0.493 e. The molecular formula is C19H23NO6. The van der Waals surface area contributed by atoms with Crippen molar-refractivity contribution in [2.75, 3.05) is 20.3 Å². The average molecular weight is 361 g/mol. The number of rotatable bonds is 7. The molecule has 26 heavy (non-hydrogen) atoms. The standard InChI is InChI=1S/C17H21NO2.C2H2O4/c1-14-8-9-16(17(12-14)19-2)20-11-10-18-13-15-6-4-3-5-7-15;3-1(4)2(5)6/h3-9,12,18H,10-11,13H2,1-2H3;(H,3,4)(H,5,6). The Bertz CT molecular complexity index is 690. The second-order valence-electron chi connectivity index (χ2n) is 5.28. The lowest BCUT2D eigenvalue weighted by Crippen LogP contribution is -2.20. The first kappa shape index (κ1) is 21.0. The molecule has 0 atom stereocenters. The van der Waals surface area contributed by atoms with E-state index in [0.29, 0.717) is 6.61 Å². The van der Waals surface area contributed by atoms with Gasteiger partial charge in [0.15, 0.2) is 11.5 Å². The Morgan fingerprint density at radius 2 is 1.65 bits per heavy atom. The van der Waals surface area contributed by atoms with Gasteiger partial charge in [-0.15, -0.1) is 0 Å². The lowest BCUT2D eigenvalue weighted by atomic mass is 10.2. The van der Waals surface area contributed by atoms with Gasteiger partial charge in [0, 0.05) is 13.1 Å². The van der Waals surface area contributed by atoms with Gasteiger partial charge < -0.3 is 25.0 Å². The second-order valence-corrected chi connectivity index (χ2v) is 5.28. The minimum absolute atomic E-state index is 0.617. The molecule has 0 radical (unpaired) electrons. The Labute approximate surface area is 152 Å². The molecule has 7 heteroatoms. The summed E-state index contributed by atoms with van der Waals surface area (Å²) in [6, 6.07) is 16.3. The molecule has 0 unspecified atom stereocenters. The highest BCUT2D eigenvalue weighted by atomic mass is 16.5. The predicted octanol–water partition coefficient (Wildman–Crippen LogP) is 2.33. The minimum Gasteiger partial charge on any atom is -0.493 e. The third-order valence-electron chi connectivity index (χ3n) is 3.21. The molecule has 0 aliphatic carbocycles. The summed E-state index contributed by atoms with van der Waals surface area (Å²) in [7, 11) is 1.66. The van der Waals surface area contributed by atoms with E-state index in [2.05, 4.69) is 17.4 Å². The van der Waals surface area contributed by atoms with Crippen LogP contribution in [0.15, 0.2) is 48.5 Å². The molecule has 3 N–H and O–H groups in total. The van der Waals surface area contributed by atoms with Gasteiger partial charge in [-0.25, -0.2) is 9.59 Å². The van der Waals surface area contributed by atoms with E-state index in [1.54, 1.807) is 7.11 Å². The summed E-state index contributed by atoms with van der Waals surface area (Å²) in [5, 5.41) is 18.1. The highest BCUT2D eigenvalue weighted by Crippen LogP contribution is 2.27. The number of nitrogens with one attached hydrogen (secondary N) is 1. The summed E-state index contributed by atoms with van der Waals surface area (Å²) >= 11 is 0. The minimum atomic E-state index is -1.82. The molecule has 0 fully saturated rings. The van der Waals surface area contributed by atoms with Gasteiger partial charge in [-0.05, 0) is 30.2 Å². The van der Waals surface area contributed by atoms with Crippen molar-refractivity contribution in [2.24, 2.45) is 0 Å². The van der Waals surface area contributed by atoms with E-state index in [9.17, 15) is 0 Å². The van der Waals surface area contributed by atoms with Crippen LogP contribution in [0.3, 0.4) is 0 Å². The van der Waals surface area contributed by atoms with Crippen LogP contribution < -0.4 is 14.8 Å². The molecule has 0 bridgehead atoms. The van der Waals surface area contributed by atoms with Crippen molar-refractivity contribution in [1.82, 2.24) is 5.32 Å². The third-order valence-corrected chi connectivity index (χ3v) is 3.21. The van der Waals surface area contributed by atoms with E-state index in [0.717, 1.165) is 30.2 Å². The molecule has 2 aromatic rings. The average Bonchev–Trinajstić information content (AvgIpc) is 2.63. The fourth-order valence-corrected chi connectivity index (χ4v) is 1.96. The number of benzene rings is 2. The number of hydrogen-bond donors (Lipinski definition) is 3. The Kier molecular flexibility index (Phi) is 9.27. The van der Waals surface area contributed by atoms with Crippen LogP contribution in [-0.2, 0) is 16.1 Å². The van der Waals surface area contributed by atoms with E-state index in [1.165, 1.54) is 5.56 Å². The van der Waals surface area contributed by atoms with Crippen LogP contribution in [0.2, 0.25) is 0 Å². The number of methoxy groups -OCH3 is 1. The molecule has 0 saturated heterocycles. The summed E-state index contributed by atoms with van der Waals surface area (Å²) in [5.41, 5.74) is 2.44. The number of hydrogen-bond acceptors (Lipinski definition) is 5. The van der Waals surface area contributed by atoms with Crippen molar-refractivity contribution in [3.8, 4) is 11.5 Å². The number of carbonyl (C=O) groups is 2. The van der Waals surface area contributed by atoms with Crippen LogP contribution in [0.1, 0.15) is 11.1 Å². The molecule has 7 nitrogen and oxygen atoms in total. The van der Waals surface area contributed by atoms with Gasteiger partial charge in [-0.1, -0.05) is 36.4 Å². The summed E-state index contributed by atoms with van der Waals surface area (Å²) in [6.45, 7) is 4.31. The lowest BCUT2D eigenvalue weighted by Gasteiger charge is -2.11. The zero-order valence-corrected chi connectivity index (χ0v) is 14.8. The maximum Gasteiger partial charge on any atom is 0.414 e. The molecule has 140 valence electrons. The third kappa shape index (κ3) is 8.16. The Morgan fingerprint density at radius 3 is 2.23 bits per heavy atom. The Hall–Kier alpha value is -3.06. The maximum atomic E-state index is 9.10. The SMILES string of the molecule is COc1cc(C)ccc1OCCNCc1ccccc1.O=C(O)C(=O)O. The summed E-state index contributed by atoms with van der Waals surface area (Å²) < 4.78 is 11.0. The second kappa shape index (κ2) is 11.5. The molecule has 0 aromatic heterocycles. The Balaban J connectivity index is 0.000000487. The number of aliphatic carboxylic acids is 2. The molecule has 0 saturated carbocycles. The summed E-state index contributed by atoms with van der Waals surface area (Å²) in [4.78, 5) is 18.2. The fourth-order valence-electron chi connectivity index (χ4n) is 1.96. The van der Waals surface area contributed by atoms with Gasteiger partial charge in [0.1, 0.15) is 6.61 Å². The number of carboxylic acid groups (broad SMARTS) is 2. The van der Waals surface area contributed by atoms with Crippen molar-refractivity contribution in [3.63, 3.8) is 0 Å². The Morgan fingerprint density at radius 1 is 1.00 bits per heavy atom. The molecular weight excluding hydrogens is 338 g/mol. The van der Waals surface area contributed by atoms with Gasteiger partial charge in [-0.3, -0.25) is 0 Å². The predicted molar refractivity (Wildman–Crippen MR) is 96.6 cm³/mol. The number of carboxylic acids is 2. The van der Waals surface area contributed by atoms with Crippen molar-refractivity contribution < 1.29 is 29.3 Å². The van der Waals surface area contributed by atoms with Crippen LogP contribution in [0.25, 0.3) is 0 Å². The molecule has 0 heterocycles. The highest BCUT2D eigenvalue weighted by molar-refractivity contribution is 6.27. The zero-order valence-electron chi connectivity index (χ0n) is 14.8. The van der Waals surface area contributed by atoms with Crippen LogP contribution >= 0.6 is 0 Å². The molecule has 2 aromatic carbocycles. The number of aryl methyl sites for hydroxylation is 1. The smallest absolute Gasteiger partial charge is 0.414 e. The van der Waals surface area contributed by atoms with Gasteiger partial charge in [0.2, 0.25) is 0 Å². The van der Waals surface area contributed by atoms with Crippen LogP contribution in [0.5, 0.6) is 11.5 Å². The first-order valence-corrected chi connectivity index (χ1v) is 7.92. The van der Waals surface area contributed by atoms with E-state index in [4.69, 9.17) is 29.3 Å². The van der Waals surface area contributed by atoms with Crippen LogP contribution in [0.4, 0.5) is 0 Å². The van der Waals surface area contributed by atoms with Gasteiger partial charge in [-0.2, -0.15) is 0 Å². The topological polar surface area (TPSA) is 105 Å². The zero-order chi connectivity index (χ0) is 19.4. The lowest BCUT2D eigenvalue weighted by molar-refractivity contribution is -0.159. The van der Waals surface area contributed by atoms with Crippen molar-refractivity contribution in [3.05, 3.63) is 59.7 Å². The molecule has 0 spiro atoms. The fraction of sp³-hybridized carbons (Fsp3) is 0.263. The van der Waals surface area contributed by atoms with E-state index in [-0.39, 0.29) is 0 Å². The van der Waals surface area contributed by atoms with Crippen LogP contribution in [-0.4, -0.2) is 42.4 Å². The van der Waals surface area contributed by atoms with Gasteiger partial charge in [0.05, 0.1) is 7.11 Å². The molecule has 0 amide bonds. The van der Waals surface area contributed by atoms with E-state index in [1.807, 2.05) is 43.3 Å². The van der Waals surface area contributed by atoms with Crippen molar-refractivity contribution >= 4 is 11.9 Å². The highest BCUT2D eigenvalue weighted by Gasteiger charge is 2.04. The molecule has 0 aliphatic rings. The quantitative estimate of drug-likeness (QED) is 0.513. The monoisotopic (exact) mass is 361 g/mol.